The van der Waals surface area contributed by atoms with Crippen LogP contribution in [0, 0.1) is 0 Å². The second-order valence-corrected chi connectivity index (χ2v) is 4.38. The first kappa shape index (κ1) is 11.8. The van der Waals surface area contributed by atoms with Crippen LogP contribution in [0.3, 0.4) is 0 Å². The first-order chi connectivity index (χ1) is 9.09. The first-order valence-electron chi connectivity index (χ1n) is 5.78. The van der Waals surface area contributed by atoms with Crippen molar-refractivity contribution in [3.05, 3.63) is 70.3 Å². The summed E-state index contributed by atoms with van der Waals surface area (Å²) in [7, 11) is 0. The van der Waals surface area contributed by atoms with E-state index in [0.29, 0.717) is 16.7 Å². The Balaban J connectivity index is 2.24. The summed E-state index contributed by atoms with van der Waals surface area (Å²) in [5.41, 5.74) is 1.45. The minimum absolute atomic E-state index is 0.194. The third kappa shape index (κ3) is 1.69. The highest BCUT2D eigenvalue weighted by molar-refractivity contribution is 6.28. The van der Waals surface area contributed by atoms with Crippen molar-refractivity contribution in [2.75, 3.05) is 0 Å². The Morgan fingerprint density at radius 1 is 0.737 bits per heavy atom. The Morgan fingerprint density at radius 2 is 1.26 bits per heavy atom. The largest absolute Gasteiger partial charge is 0.364 e. The molecule has 19 heavy (non-hydrogen) atoms. The number of rotatable bonds is 1. The number of ketones is 2. The topological polar surface area (TPSA) is 74.6 Å². The fraction of sp³-hybridized carbons (Fsp3) is 0.0667. The summed E-state index contributed by atoms with van der Waals surface area (Å²) in [6.07, 6.45) is -1.66. The van der Waals surface area contributed by atoms with E-state index in [9.17, 15) is 9.59 Å². The lowest BCUT2D eigenvalue weighted by atomic mass is 9.83. The zero-order chi connectivity index (χ0) is 13.6. The van der Waals surface area contributed by atoms with Gasteiger partial charge in [-0.25, -0.2) is 0 Å². The van der Waals surface area contributed by atoms with Gasteiger partial charge in [0.05, 0.1) is 0 Å². The van der Waals surface area contributed by atoms with Gasteiger partial charge in [-0.05, 0) is 12.1 Å². The number of benzene rings is 2. The number of aliphatic hydroxyl groups is 2. The molecule has 94 valence electrons. The van der Waals surface area contributed by atoms with Crippen LogP contribution in [-0.4, -0.2) is 21.8 Å². The molecule has 0 unspecified atom stereocenters. The van der Waals surface area contributed by atoms with E-state index in [1.807, 2.05) is 0 Å². The van der Waals surface area contributed by atoms with E-state index in [0.717, 1.165) is 0 Å². The molecule has 2 aromatic rings. The van der Waals surface area contributed by atoms with Crippen molar-refractivity contribution in [2.24, 2.45) is 0 Å². The highest BCUT2D eigenvalue weighted by atomic mass is 16.5. The number of carbonyl (C=O) groups is 2. The molecule has 0 bridgehead atoms. The van der Waals surface area contributed by atoms with E-state index in [2.05, 4.69) is 0 Å². The average molecular weight is 254 g/mol. The highest BCUT2D eigenvalue weighted by Crippen LogP contribution is 2.28. The van der Waals surface area contributed by atoms with Gasteiger partial charge in [0, 0.05) is 27.8 Å². The number of hydrogen-bond acceptors (Lipinski definition) is 4. The maximum Gasteiger partial charge on any atom is 0.194 e. The van der Waals surface area contributed by atoms with Crippen molar-refractivity contribution in [3.8, 4) is 0 Å². The van der Waals surface area contributed by atoms with Gasteiger partial charge in [0.2, 0.25) is 0 Å². The summed E-state index contributed by atoms with van der Waals surface area (Å²) in [4.78, 5) is 24.6. The summed E-state index contributed by atoms with van der Waals surface area (Å²) in [6.45, 7) is 0. The van der Waals surface area contributed by atoms with Crippen LogP contribution in [-0.2, 0) is 0 Å². The van der Waals surface area contributed by atoms with Crippen molar-refractivity contribution in [1.29, 1.82) is 0 Å². The predicted octanol–water partition coefficient (Wildman–Crippen LogP) is 1.45. The third-order valence-corrected chi connectivity index (χ3v) is 3.25. The maximum absolute atomic E-state index is 12.3. The van der Waals surface area contributed by atoms with Crippen molar-refractivity contribution in [3.63, 3.8) is 0 Å². The molecule has 0 atom stereocenters. The molecule has 3 rings (SSSR count). The van der Waals surface area contributed by atoms with Gasteiger partial charge < -0.3 is 10.2 Å². The van der Waals surface area contributed by atoms with Crippen LogP contribution in [0.5, 0.6) is 0 Å². The Bertz CT molecular complexity index is 701. The average Bonchev–Trinajstić information content (AvgIpc) is 2.44. The summed E-state index contributed by atoms with van der Waals surface area (Å²) in [6, 6.07) is 10.9. The lowest BCUT2D eigenvalue weighted by Gasteiger charge is -2.18. The standard InChI is InChI=1S/C15H10O4/c16-13-9-3-1-2-4-10(9)14(17)12-7-8(15(18)19)5-6-11(12)13/h1-7,15,18-19H. The van der Waals surface area contributed by atoms with E-state index in [1.54, 1.807) is 24.3 Å². The molecule has 0 saturated heterocycles. The van der Waals surface area contributed by atoms with Gasteiger partial charge in [-0.2, -0.15) is 0 Å². The number of fused-ring (bicyclic) bond motifs is 2. The van der Waals surface area contributed by atoms with Gasteiger partial charge in [-0.15, -0.1) is 0 Å². The number of carbonyl (C=O) groups excluding carboxylic acids is 2. The smallest absolute Gasteiger partial charge is 0.194 e. The predicted molar refractivity (Wildman–Crippen MR) is 66.9 cm³/mol. The number of hydrogen-bond donors (Lipinski definition) is 2. The molecular formula is C15H10O4. The van der Waals surface area contributed by atoms with Crippen molar-refractivity contribution in [1.82, 2.24) is 0 Å². The molecule has 2 N–H and O–H groups in total. The van der Waals surface area contributed by atoms with Crippen molar-refractivity contribution < 1.29 is 19.8 Å². The van der Waals surface area contributed by atoms with Crippen molar-refractivity contribution in [2.45, 2.75) is 6.29 Å². The van der Waals surface area contributed by atoms with Crippen LogP contribution in [0.4, 0.5) is 0 Å². The Kier molecular flexibility index (Phi) is 2.55. The molecule has 4 heteroatoms. The Labute approximate surface area is 108 Å². The normalized spacial score (nSPS) is 13.4. The van der Waals surface area contributed by atoms with Gasteiger partial charge in [0.1, 0.15) is 0 Å². The summed E-state index contributed by atoms with van der Waals surface area (Å²) in [5.74, 6) is -0.489. The molecule has 2 aromatic carbocycles. The zero-order valence-electron chi connectivity index (χ0n) is 9.83. The molecular weight excluding hydrogens is 244 g/mol. The molecule has 0 heterocycles. The van der Waals surface area contributed by atoms with E-state index < -0.39 is 6.29 Å². The quantitative estimate of drug-likeness (QED) is 0.644. The van der Waals surface area contributed by atoms with E-state index in [4.69, 9.17) is 10.2 Å². The minimum Gasteiger partial charge on any atom is -0.364 e. The van der Waals surface area contributed by atoms with Gasteiger partial charge in [0.15, 0.2) is 17.9 Å². The van der Waals surface area contributed by atoms with Gasteiger partial charge in [0.25, 0.3) is 0 Å². The molecule has 4 nitrogen and oxygen atoms in total. The Morgan fingerprint density at radius 3 is 1.84 bits per heavy atom. The maximum atomic E-state index is 12.3. The van der Waals surface area contributed by atoms with Gasteiger partial charge >= 0.3 is 0 Å². The van der Waals surface area contributed by atoms with E-state index in [-0.39, 0.29) is 22.7 Å². The molecule has 1 aliphatic rings. The minimum atomic E-state index is -1.66. The lowest BCUT2D eigenvalue weighted by Crippen LogP contribution is -2.21. The van der Waals surface area contributed by atoms with Gasteiger partial charge in [-0.3, -0.25) is 9.59 Å². The molecule has 0 amide bonds. The molecule has 0 spiro atoms. The monoisotopic (exact) mass is 254 g/mol. The van der Waals surface area contributed by atoms with Crippen LogP contribution >= 0.6 is 0 Å². The molecule has 0 aliphatic heterocycles. The van der Waals surface area contributed by atoms with E-state index in [1.165, 1.54) is 18.2 Å². The summed E-state index contributed by atoms with van der Waals surface area (Å²) < 4.78 is 0. The van der Waals surface area contributed by atoms with Crippen LogP contribution < -0.4 is 0 Å². The SMILES string of the molecule is O=C1c2ccccc2C(=O)c2cc(C(O)O)ccc21. The number of aliphatic hydroxyl groups excluding tert-OH is 1. The fourth-order valence-electron chi connectivity index (χ4n) is 2.28. The molecule has 0 aromatic heterocycles. The third-order valence-electron chi connectivity index (χ3n) is 3.25. The fourth-order valence-corrected chi connectivity index (χ4v) is 2.28. The molecule has 0 radical (unpaired) electrons. The first-order valence-corrected chi connectivity index (χ1v) is 5.78. The Hall–Kier alpha value is -2.30. The second-order valence-electron chi connectivity index (χ2n) is 4.38. The molecule has 1 aliphatic carbocycles. The van der Waals surface area contributed by atoms with Crippen LogP contribution in [0.15, 0.2) is 42.5 Å². The lowest BCUT2D eigenvalue weighted by molar-refractivity contribution is -0.0425. The van der Waals surface area contributed by atoms with Gasteiger partial charge in [-0.1, -0.05) is 30.3 Å². The molecule has 0 saturated carbocycles. The van der Waals surface area contributed by atoms with Crippen LogP contribution in [0.25, 0.3) is 0 Å². The van der Waals surface area contributed by atoms with Crippen molar-refractivity contribution >= 4 is 11.6 Å². The summed E-state index contributed by atoms with van der Waals surface area (Å²) in [5, 5.41) is 18.3. The molecule has 0 fully saturated rings. The summed E-state index contributed by atoms with van der Waals surface area (Å²) >= 11 is 0. The van der Waals surface area contributed by atoms with Crippen LogP contribution in [0.2, 0.25) is 0 Å². The van der Waals surface area contributed by atoms with E-state index >= 15 is 0 Å². The highest BCUT2D eigenvalue weighted by Gasteiger charge is 2.29. The van der Waals surface area contributed by atoms with Crippen LogP contribution in [0.1, 0.15) is 43.7 Å². The zero-order valence-corrected chi connectivity index (χ0v) is 9.83. The second kappa shape index (κ2) is 4.12.